The number of rotatable bonds is 3. The molecule has 0 unspecified atom stereocenters. The van der Waals surface area contributed by atoms with Crippen LogP contribution in [-0.2, 0) is 6.42 Å². The lowest BCUT2D eigenvalue weighted by atomic mass is 10.2. The first-order valence-corrected chi connectivity index (χ1v) is 5.04. The van der Waals surface area contributed by atoms with E-state index in [0.29, 0.717) is 6.54 Å². The van der Waals surface area contributed by atoms with Gasteiger partial charge in [0.25, 0.3) is 0 Å². The minimum Gasteiger partial charge on any atom is -0.390 e. The Labute approximate surface area is 86.2 Å². The van der Waals surface area contributed by atoms with E-state index in [1.165, 1.54) is 11.3 Å². The van der Waals surface area contributed by atoms with Crippen LogP contribution in [0, 0.1) is 0 Å². The predicted molar refractivity (Wildman–Crippen MR) is 59.5 cm³/mol. The zero-order valence-electron chi connectivity index (χ0n) is 7.09. The van der Waals surface area contributed by atoms with Crippen molar-refractivity contribution in [2.45, 2.75) is 6.42 Å². The Hall–Kier alpha value is -0.710. The van der Waals surface area contributed by atoms with Crippen LogP contribution in [0.2, 0.25) is 0 Å². The summed E-state index contributed by atoms with van der Waals surface area (Å²) in [6, 6.07) is 1.96. The van der Waals surface area contributed by atoms with Crippen LogP contribution in [0.5, 0.6) is 0 Å². The molecule has 0 fully saturated rings. The molecule has 1 aromatic heterocycles. The Morgan fingerprint density at radius 1 is 1.62 bits per heavy atom. The highest BCUT2D eigenvalue weighted by Crippen LogP contribution is 2.27. The second-order valence-corrected chi connectivity index (χ2v) is 4.20. The smallest absolute Gasteiger partial charge is 0.0998 e. The first-order valence-electron chi connectivity index (χ1n) is 3.84. The summed E-state index contributed by atoms with van der Waals surface area (Å²) in [5.74, 6) is 0. The average Bonchev–Trinajstić information content (AvgIpc) is 2.31. The molecule has 0 radical (unpaired) electrons. The van der Waals surface area contributed by atoms with Gasteiger partial charge < -0.3 is 17.2 Å². The quantitative estimate of drug-likeness (QED) is 0.669. The average molecular weight is 218 g/mol. The molecule has 0 aliphatic carbocycles. The number of hydrogen-bond acceptors (Lipinski definition) is 4. The summed E-state index contributed by atoms with van der Waals surface area (Å²) in [5, 5.41) is 0.968. The summed E-state index contributed by atoms with van der Waals surface area (Å²) < 4.78 is 0. The van der Waals surface area contributed by atoms with E-state index in [0.717, 1.165) is 21.9 Å². The normalized spacial score (nSPS) is 12.0. The molecule has 0 saturated carbocycles. The van der Waals surface area contributed by atoms with Gasteiger partial charge in [-0.25, -0.2) is 0 Å². The van der Waals surface area contributed by atoms with Gasteiger partial charge in [-0.2, -0.15) is 0 Å². The summed E-state index contributed by atoms with van der Waals surface area (Å²) >= 11 is 7.05. The molecule has 0 atom stereocenters. The van der Waals surface area contributed by atoms with Crippen molar-refractivity contribution in [2.75, 3.05) is 12.3 Å². The van der Waals surface area contributed by atoms with Crippen LogP contribution in [0.1, 0.15) is 10.4 Å². The maximum Gasteiger partial charge on any atom is 0.0998 e. The number of hydrogen-bond donors (Lipinski definition) is 3. The molecule has 0 bridgehead atoms. The highest BCUT2D eigenvalue weighted by molar-refractivity contribution is 7.16. The van der Waals surface area contributed by atoms with Crippen LogP contribution in [0.4, 0.5) is 5.00 Å². The van der Waals surface area contributed by atoms with Gasteiger partial charge in [0.1, 0.15) is 0 Å². The predicted octanol–water partition coefficient (Wildman–Crippen LogP) is 1.33. The maximum absolute atomic E-state index is 5.74. The lowest BCUT2D eigenvalue weighted by molar-refractivity contribution is 0.988. The molecule has 3 nitrogen and oxygen atoms in total. The molecule has 0 amide bonds. The highest BCUT2D eigenvalue weighted by atomic mass is 35.5. The van der Waals surface area contributed by atoms with Gasteiger partial charge in [0.05, 0.1) is 10.2 Å². The Bertz CT molecular complexity index is 315. The number of anilines is 1. The molecule has 0 saturated heterocycles. The van der Waals surface area contributed by atoms with Gasteiger partial charge in [0.15, 0.2) is 0 Å². The molecule has 0 aromatic carbocycles. The molecule has 13 heavy (non-hydrogen) atoms. The van der Waals surface area contributed by atoms with E-state index in [2.05, 4.69) is 0 Å². The fraction of sp³-hybridized carbons (Fsp3) is 0.250. The van der Waals surface area contributed by atoms with Crippen molar-refractivity contribution in [1.82, 2.24) is 0 Å². The molecule has 0 aliphatic heterocycles. The maximum atomic E-state index is 5.74. The topological polar surface area (TPSA) is 78.1 Å². The first kappa shape index (κ1) is 10.4. The summed E-state index contributed by atoms with van der Waals surface area (Å²) in [6.45, 7) is 0.624. The Morgan fingerprint density at radius 2 is 2.31 bits per heavy atom. The van der Waals surface area contributed by atoms with E-state index >= 15 is 0 Å². The molecule has 0 spiro atoms. The molecule has 72 valence electrons. The van der Waals surface area contributed by atoms with Gasteiger partial charge in [0.2, 0.25) is 0 Å². The lowest BCUT2D eigenvalue weighted by Crippen LogP contribution is -2.00. The number of thiophene rings is 1. The molecule has 1 aromatic rings. The van der Waals surface area contributed by atoms with Gasteiger partial charge >= 0.3 is 0 Å². The Balaban J connectivity index is 2.90. The Kier molecular flexibility index (Phi) is 3.59. The van der Waals surface area contributed by atoms with E-state index in [9.17, 15) is 0 Å². The van der Waals surface area contributed by atoms with Gasteiger partial charge in [-0.1, -0.05) is 11.6 Å². The SMILES string of the molecule is NCCc1cc(/C=C(\N)Cl)c(N)s1. The molecule has 1 rings (SSSR count). The lowest BCUT2D eigenvalue weighted by Gasteiger charge is -1.89. The minimum absolute atomic E-state index is 0.240. The summed E-state index contributed by atoms with van der Waals surface area (Å²) in [6.07, 6.45) is 2.48. The van der Waals surface area contributed by atoms with E-state index < -0.39 is 0 Å². The van der Waals surface area contributed by atoms with Crippen molar-refractivity contribution in [1.29, 1.82) is 0 Å². The molecule has 6 N–H and O–H groups in total. The zero-order valence-corrected chi connectivity index (χ0v) is 8.66. The summed E-state index contributed by atoms with van der Waals surface area (Å²) in [4.78, 5) is 1.16. The first-order chi connectivity index (χ1) is 6.13. The molecule has 5 heteroatoms. The number of halogens is 1. The van der Waals surface area contributed by atoms with Gasteiger partial charge in [-0.3, -0.25) is 0 Å². The Morgan fingerprint density at radius 3 is 2.85 bits per heavy atom. The van der Waals surface area contributed by atoms with Crippen molar-refractivity contribution in [3.8, 4) is 0 Å². The van der Waals surface area contributed by atoms with E-state index in [-0.39, 0.29) is 5.16 Å². The third-order valence-electron chi connectivity index (χ3n) is 1.53. The monoisotopic (exact) mass is 217 g/mol. The van der Waals surface area contributed by atoms with Gasteiger partial charge in [0, 0.05) is 10.4 Å². The van der Waals surface area contributed by atoms with Crippen molar-refractivity contribution < 1.29 is 0 Å². The fourth-order valence-electron chi connectivity index (χ4n) is 1.00. The van der Waals surface area contributed by atoms with Crippen molar-refractivity contribution in [2.24, 2.45) is 11.5 Å². The zero-order chi connectivity index (χ0) is 9.84. The van der Waals surface area contributed by atoms with Crippen LogP contribution >= 0.6 is 22.9 Å². The second kappa shape index (κ2) is 4.50. The van der Waals surface area contributed by atoms with Crippen molar-refractivity contribution >= 4 is 34.0 Å². The molecular formula is C8H12ClN3S. The molecular weight excluding hydrogens is 206 g/mol. The van der Waals surface area contributed by atoms with Crippen LogP contribution < -0.4 is 17.2 Å². The van der Waals surface area contributed by atoms with Gasteiger partial charge in [-0.15, -0.1) is 11.3 Å². The number of nitrogen functional groups attached to an aromatic ring is 1. The second-order valence-electron chi connectivity index (χ2n) is 2.60. The third-order valence-corrected chi connectivity index (χ3v) is 2.68. The van der Waals surface area contributed by atoms with Gasteiger partial charge in [-0.05, 0) is 25.1 Å². The van der Waals surface area contributed by atoms with Crippen molar-refractivity contribution in [3.05, 3.63) is 21.7 Å². The van der Waals surface area contributed by atoms with Crippen LogP contribution in [-0.4, -0.2) is 6.54 Å². The van der Waals surface area contributed by atoms with Crippen LogP contribution in [0.25, 0.3) is 6.08 Å². The molecule has 1 heterocycles. The summed E-state index contributed by atoms with van der Waals surface area (Å²) in [7, 11) is 0. The minimum atomic E-state index is 0.240. The van der Waals surface area contributed by atoms with E-state index in [1.54, 1.807) is 6.08 Å². The largest absolute Gasteiger partial charge is 0.390 e. The van der Waals surface area contributed by atoms with E-state index in [4.69, 9.17) is 28.8 Å². The van der Waals surface area contributed by atoms with Crippen molar-refractivity contribution in [3.63, 3.8) is 0 Å². The fourth-order valence-corrected chi connectivity index (χ4v) is 2.04. The molecule has 0 aliphatic rings. The van der Waals surface area contributed by atoms with E-state index in [1.807, 2.05) is 6.07 Å². The third kappa shape index (κ3) is 2.91. The summed E-state index contributed by atoms with van der Waals surface area (Å²) in [5.41, 5.74) is 17.4. The highest BCUT2D eigenvalue weighted by Gasteiger charge is 2.03. The standard InChI is InChI=1S/C8H12ClN3S/c9-7(11)4-5-3-6(1-2-10)13-8(5)12/h3-4H,1-2,10-12H2/b7-4-. The van der Waals surface area contributed by atoms with Crippen LogP contribution in [0.3, 0.4) is 0 Å². The van der Waals surface area contributed by atoms with Crippen LogP contribution in [0.15, 0.2) is 11.2 Å². The number of nitrogens with two attached hydrogens (primary N) is 3.